The summed E-state index contributed by atoms with van der Waals surface area (Å²) in [7, 11) is 2.14. The van der Waals surface area contributed by atoms with E-state index in [9.17, 15) is 0 Å². The second-order valence-electron chi connectivity index (χ2n) is 16.5. The molecule has 3 aromatic heterocycles. The summed E-state index contributed by atoms with van der Waals surface area (Å²) in [6.45, 7) is 4.61. The topological polar surface area (TPSA) is 39.5 Å². The summed E-state index contributed by atoms with van der Waals surface area (Å²) in [5.74, 6) is 3.12. The maximum Gasteiger partial charge on any atom is 0.362 e. The summed E-state index contributed by atoms with van der Waals surface area (Å²) in [6, 6.07) is 48.2. The third-order valence-electron chi connectivity index (χ3n) is 12.8. The van der Waals surface area contributed by atoms with Crippen LogP contribution in [0.25, 0.3) is 73.4 Å². The van der Waals surface area contributed by atoms with Gasteiger partial charge in [0.05, 0.1) is 24.2 Å². The molecule has 0 saturated carbocycles. The second-order valence-corrected chi connectivity index (χ2v) is 16.5. The summed E-state index contributed by atoms with van der Waals surface area (Å²) in [4.78, 5) is 11.3. The minimum absolute atomic E-state index is 0.0486. The van der Waals surface area contributed by atoms with Gasteiger partial charge in [-0.25, -0.2) is 9.13 Å². The fourth-order valence-electron chi connectivity index (χ4n) is 9.87. The number of hydrogen-bond donors (Lipinski definition) is 0. The third kappa shape index (κ3) is 5.87. The molecule has 3 aliphatic rings. The second kappa shape index (κ2) is 14.6. The van der Waals surface area contributed by atoms with E-state index >= 15 is 0 Å². The first-order valence-electron chi connectivity index (χ1n) is 21.2. The summed E-state index contributed by atoms with van der Waals surface area (Å²) in [5, 5.41) is 2.45. The SMILES string of the molecule is CC1C=CC=C(c2cccc(-c3nc(C4C=CC=C(c5ccccc5)C4C)nc(-n4c5c(c6ccccc64)CC=Cc4c-5n(-c5ccccc5)c5ccccc45)[n+]3C)c2)C1. The summed E-state index contributed by atoms with van der Waals surface area (Å²) >= 11 is 0. The summed E-state index contributed by atoms with van der Waals surface area (Å²) in [6.07, 6.45) is 20.0. The molecule has 5 nitrogen and oxygen atoms in total. The van der Waals surface area contributed by atoms with Gasteiger partial charge in [-0.1, -0.05) is 165 Å². The Balaban J connectivity index is 1.21. The molecular formula is C55H46N5+. The molecule has 0 amide bonds. The first kappa shape index (κ1) is 36.0. The lowest BCUT2D eigenvalue weighted by Gasteiger charge is -2.25. The van der Waals surface area contributed by atoms with Crippen LogP contribution in [0.5, 0.6) is 0 Å². The molecule has 11 rings (SSSR count). The van der Waals surface area contributed by atoms with E-state index in [1.807, 2.05) is 0 Å². The van der Waals surface area contributed by atoms with E-state index in [-0.39, 0.29) is 11.8 Å². The van der Waals surface area contributed by atoms with E-state index in [1.54, 1.807) is 0 Å². The molecule has 0 saturated heterocycles. The molecule has 0 aliphatic heterocycles. The summed E-state index contributed by atoms with van der Waals surface area (Å²) < 4.78 is 7.12. The summed E-state index contributed by atoms with van der Waals surface area (Å²) in [5.41, 5.74) is 14.4. The monoisotopic (exact) mass is 776 g/mol. The van der Waals surface area contributed by atoms with Crippen LogP contribution in [0, 0.1) is 11.8 Å². The lowest BCUT2D eigenvalue weighted by Crippen LogP contribution is -2.40. The van der Waals surface area contributed by atoms with E-state index in [4.69, 9.17) is 9.97 Å². The minimum atomic E-state index is -0.0486. The van der Waals surface area contributed by atoms with Crippen LogP contribution in [0.3, 0.4) is 0 Å². The zero-order valence-electron chi connectivity index (χ0n) is 34.2. The zero-order chi connectivity index (χ0) is 40.3. The molecule has 290 valence electrons. The van der Waals surface area contributed by atoms with Crippen molar-refractivity contribution in [3.8, 4) is 34.4 Å². The maximum absolute atomic E-state index is 5.73. The van der Waals surface area contributed by atoms with Crippen molar-refractivity contribution in [1.82, 2.24) is 19.1 Å². The van der Waals surface area contributed by atoms with Crippen molar-refractivity contribution >= 4 is 39.0 Å². The highest BCUT2D eigenvalue weighted by atomic mass is 15.3. The average molecular weight is 777 g/mol. The van der Waals surface area contributed by atoms with Crippen molar-refractivity contribution in [2.75, 3.05) is 0 Å². The molecule has 5 aromatic carbocycles. The Labute approximate surface area is 351 Å². The molecule has 8 aromatic rings. The molecule has 0 spiro atoms. The molecule has 3 atom stereocenters. The molecule has 5 heteroatoms. The van der Waals surface area contributed by atoms with E-state index in [1.165, 1.54) is 49.7 Å². The number of para-hydroxylation sites is 3. The van der Waals surface area contributed by atoms with E-state index in [2.05, 4.69) is 217 Å². The number of fused-ring (bicyclic) bond motifs is 7. The number of nitrogens with zero attached hydrogens (tertiary/aromatic N) is 5. The number of benzene rings is 5. The molecule has 0 N–H and O–H groups in total. The standard InChI is InChI=1S/C55H46N5/c1-36-18-14-21-39(34-36)40-22-15-23-41(35-40)54-56-53(44-29-16-28-43(37(44)2)38-19-6-4-7-20-38)57-55(58(54)3)60-50-33-13-11-27-46(50)48-31-17-30-47-45-26-10-12-32-49(45)59(51(47)52(48)60)42-24-8-5-9-25-42/h4-30,32-33,35-37,44H,31,34H2,1-3H3/q+1. The van der Waals surface area contributed by atoms with Crippen LogP contribution >= 0.6 is 0 Å². The lowest BCUT2D eigenvalue weighted by atomic mass is 9.80. The predicted octanol–water partition coefficient (Wildman–Crippen LogP) is 12.4. The van der Waals surface area contributed by atoms with E-state index in [0.717, 1.165) is 58.6 Å². The van der Waals surface area contributed by atoms with Crippen molar-refractivity contribution in [3.63, 3.8) is 0 Å². The highest BCUT2D eigenvalue weighted by Gasteiger charge is 2.36. The van der Waals surface area contributed by atoms with Gasteiger partial charge < -0.3 is 4.57 Å². The average Bonchev–Trinajstić information content (AvgIpc) is 3.71. The molecule has 0 bridgehead atoms. The Hall–Kier alpha value is -7.11. The molecule has 0 radical (unpaired) electrons. The molecule has 3 heterocycles. The fourth-order valence-corrected chi connectivity index (χ4v) is 9.87. The lowest BCUT2D eigenvalue weighted by molar-refractivity contribution is -0.660. The Morgan fingerprint density at radius 2 is 1.32 bits per heavy atom. The van der Waals surface area contributed by atoms with E-state index in [0.29, 0.717) is 5.92 Å². The van der Waals surface area contributed by atoms with Crippen molar-refractivity contribution in [2.24, 2.45) is 18.9 Å². The van der Waals surface area contributed by atoms with Gasteiger partial charge in [-0.15, -0.1) is 4.98 Å². The fraction of sp³-hybridized carbons (Fsp3) is 0.145. The zero-order valence-corrected chi connectivity index (χ0v) is 34.2. The Morgan fingerprint density at radius 1 is 0.633 bits per heavy atom. The highest BCUT2D eigenvalue weighted by Crippen LogP contribution is 2.46. The van der Waals surface area contributed by atoms with Gasteiger partial charge in [0.15, 0.2) is 0 Å². The maximum atomic E-state index is 5.73. The van der Waals surface area contributed by atoms with Gasteiger partial charge in [-0.05, 0) is 83.3 Å². The largest absolute Gasteiger partial charge is 0.362 e. The normalized spacial score (nSPS) is 18.3. The third-order valence-corrected chi connectivity index (χ3v) is 12.8. The van der Waals surface area contributed by atoms with Crippen LogP contribution < -0.4 is 4.57 Å². The van der Waals surface area contributed by atoms with Gasteiger partial charge in [0.1, 0.15) is 11.2 Å². The molecule has 3 aliphatic carbocycles. The van der Waals surface area contributed by atoms with Crippen molar-refractivity contribution in [3.05, 3.63) is 204 Å². The quantitative estimate of drug-likeness (QED) is 0.158. The number of hydrogen-bond acceptors (Lipinski definition) is 2. The number of rotatable bonds is 6. The van der Waals surface area contributed by atoms with Gasteiger partial charge in [-0.2, -0.15) is 0 Å². The highest BCUT2D eigenvalue weighted by molar-refractivity contribution is 6.03. The first-order valence-corrected chi connectivity index (χ1v) is 21.2. The molecule has 60 heavy (non-hydrogen) atoms. The van der Waals surface area contributed by atoms with Crippen LogP contribution in [-0.2, 0) is 13.5 Å². The van der Waals surface area contributed by atoms with Gasteiger partial charge in [0, 0.05) is 33.2 Å². The predicted molar refractivity (Wildman–Crippen MR) is 247 cm³/mol. The molecular weight excluding hydrogens is 731 g/mol. The van der Waals surface area contributed by atoms with Crippen molar-refractivity contribution < 1.29 is 4.57 Å². The first-order chi connectivity index (χ1) is 29.5. The Kier molecular flexibility index (Phi) is 8.77. The molecule has 3 unspecified atom stereocenters. The van der Waals surface area contributed by atoms with Gasteiger partial charge in [0.2, 0.25) is 5.82 Å². The van der Waals surface area contributed by atoms with Crippen molar-refractivity contribution in [1.29, 1.82) is 0 Å². The number of aromatic nitrogens is 5. The smallest absolute Gasteiger partial charge is 0.306 e. The van der Waals surface area contributed by atoms with Crippen LogP contribution in [0.1, 0.15) is 54.3 Å². The van der Waals surface area contributed by atoms with Crippen LogP contribution in [0.15, 0.2) is 176 Å². The van der Waals surface area contributed by atoms with Gasteiger partial charge >= 0.3 is 5.95 Å². The van der Waals surface area contributed by atoms with Gasteiger partial charge in [-0.3, -0.25) is 0 Å². The number of allylic oxidation sites excluding steroid dienone is 9. The van der Waals surface area contributed by atoms with E-state index < -0.39 is 0 Å². The van der Waals surface area contributed by atoms with Crippen molar-refractivity contribution in [2.45, 2.75) is 32.6 Å². The van der Waals surface area contributed by atoms with Crippen LogP contribution in [0.4, 0.5) is 0 Å². The van der Waals surface area contributed by atoms with Gasteiger partial charge in [0.25, 0.3) is 5.82 Å². The van der Waals surface area contributed by atoms with Crippen LogP contribution in [-0.4, -0.2) is 19.1 Å². The molecule has 0 fully saturated rings. The minimum Gasteiger partial charge on any atom is -0.306 e. The Bertz CT molecular complexity index is 3130. The van der Waals surface area contributed by atoms with Crippen LogP contribution in [0.2, 0.25) is 0 Å². The Morgan fingerprint density at radius 3 is 2.12 bits per heavy atom.